The minimum Gasteiger partial charge on any atom is -0.369 e. The minimum atomic E-state index is 0.555. The Morgan fingerprint density at radius 1 is 1.25 bits per heavy atom. The van der Waals surface area contributed by atoms with Crippen molar-refractivity contribution in [1.29, 1.82) is 0 Å². The van der Waals surface area contributed by atoms with E-state index < -0.39 is 0 Å². The minimum absolute atomic E-state index is 0.555. The van der Waals surface area contributed by atoms with Gasteiger partial charge < -0.3 is 4.90 Å². The van der Waals surface area contributed by atoms with E-state index in [-0.39, 0.29) is 0 Å². The zero-order valence-corrected chi connectivity index (χ0v) is 13.4. The topological polar surface area (TPSA) is 18.5 Å². The monoisotopic (exact) mass is 291 g/mol. The summed E-state index contributed by atoms with van der Waals surface area (Å²) in [7, 11) is 0. The molecule has 4 heteroatoms. The average molecular weight is 291 g/mol. The van der Waals surface area contributed by atoms with Gasteiger partial charge in [0.25, 0.3) is 0 Å². The Morgan fingerprint density at radius 3 is 2.70 bits per heavy atom. The maximum absolute atomic E-state index is 3.59. The fourth-order valence-corrected chi connectivity index (χ4v) is 4.40. The molecular weight excluding hydrogens is 266 g/mol. The van der Waals surface area contributed by atoms with Gasteiger partial charge in [-0.25, -0.2) is 0 Å². The Bertz CT molecular complexity index is 449. The molecule has 2 heterocycles. The highest BCUT2D eigenvalue weighted by Crippen LogP contribution is 2.28. The Balaban J connectivity index is 1.68. The summed E-state index contributed by atoms with van der Waals surface area (Å²) in [6, 6.07) is 6.71. The van der Waals surface area contributed by atoms with Crippen LogP contribution in [0.3, 0.4) is 0 Å². The first-order chi connectivity index (χ1) is 9.79. The predicted molar refractivity (Wildman–Crippen MR) is 88.6 cm³/mol. The second-order valence-corrected chi connectivity index (χ2v) is 6.82. The molecule has 0 amide bonds. The fraction of sp³-hybridized carbons (Fsp3) is 0.625. The van der Waals surface area contributed by atoms with Gasteiger partial charge in [-0.15, -0.1) is 11.8 Å². The summed E-state index contributed by atoms with van der Waals surface area (Å²) in [4.78, 5) is 5.18. The third kappa shape index (κ3) is 2.83. The lowest BCUT2D eigenvalue weighted by atomic mass is 10.0. The molecule has 0 saturated carbocycles. The van der Waals surface area contributed by atoms with Crippen molar-refractivity contribution >= 4 is 17.4 Å². The number of thioether (sulfide) groups is 1. The molecule has 0 radical (unpaired) electrons. The second-order valence-electron chi connectivity index (χ2n) is 5.64. The third-order valence-corrected chi connectivity index (χ3v) is 5.58. The molecule has 20 heavy (non-hydrogen) atoms. The molecule has 110 valence electrons. The van der Waals surface area contributed by atoms with Gasteiger partial charge in [-0.2, -0.15) is 0 Å². The van der Waals surface area contributed by atoms with E-state index in [4.69, 9.17) is 0 Å². The van der Waals surface area contributed by atoms with Crippen molar-refractivity contribution in [2.45, 2.75) is 25.8 Å². The number of rotatable bonds is 3. The normalized spacial score (nSPS) is 24.3. The third-order valence-electron chi connectivity index (χ3n) is 4.36. The van der Waals surface area contributed by atoms with Crippen molar-refractivity contribution in [3.05, 3.63) is 29.3 Å². The van der Waals surface area contributed by atoms with Gasteiger partial charge >= 0.3 is 0 Å². The zero-order valence-electron chi connectivity index (χ0n) is 12.6. The standard InChI is InChI=1S/C16H25N3S/c1-3-14-6-4-5-13(2)15(14)18-8-10-19(11-9-18)16-17-7-12-20-16/h4-6,16-17H,3,7-12H2,1-2H3. The van der Waals surface area contributed by atoms with Gasteiger partial charge in [0.2, 0.25) is 0 Å². The molecule has 1 N–H and O–H groups in total. The number of nitrogens with one attached hydrogen (secondary N) is 1. The van der Waals surface area contributed by atoms with Gasteiger partial charge in [-0.1, -0.05) is 25.1 Å². The number of hydrogen-bond acceptors (Lipinski definition) is 4. The van der Waals surface area contributed by atoms with Gasteiger partial charge in [0, 0.05) is 44.2 Å². The number of nitrogens with zero attached hydrogens (tertiary/aromatic N) is 2. The van der Waals surface area contributed by atoms with Crippen LogP contribution in [0.5, 0.6) is 0 Å². The predicted octanol–water partition coefficient (Wildman–Crippen LogP) is 2.30. The molecule has 2 aliphatic heterocycles. The van der Waals surface area contributed by atoms with Gasteiger partial charge in [-0.05, 0) is 24.5 Å². The molecule has 1 atom stereocenters. The molecular formula is C16H25N3S. The quantitative estimate of drug-likeness (QED) is 0.920. The van der Waals surface area contributed by atoms with Gasteiger partial charge in [0.1, 0.15) is 5.50 Å². The van der Waals surface area contributed by atoms with Gasteiger partial charge in [0.05, 0.1) is 0 Å². The van der Waals surface area contributed by atoms with Crippen molar-refractivity contribution in [1.82, 2.24) is 10.2 Å². The summed E-state index contributed by atoms with van der Waals surface area (Å²) in [6.45, 7) is 10.3. The van der Waals surface area contributed by atoms with E-state index in [0.29, 0.717) is 5.50 Å². The summed E-state index contributed by atoms with van der Waals surface area (Å²) in [5.41, 5.74) is 4.96. The molecule has 3 nitrogen and oxygen atoms in total. The molecule has 0 bridgehead atoms. The number of aryl methyl sites for hydroxylation is 2. The van der Waals surface area contributed by atoms with Crippen LogP contribution in [0.1, 0.15) is 18.1 Å². The number of piperazine rings is 1. The number of para-hydroxylation sites is 1. The molecule has 2 aliphatic rings. The van der Waals surface area contributed by atoms with E-state index in [0.717, 1.165) is 26.1 Å². The molecule has 0 spiro atoms. The molecule has 0 aliphatic carbocycles. The van der Waals surface area contributed by atoms with Crippen LogP contribution in [0.25, 0.3) is 0 Å². The highest BCUT2D eigenvalue weighted by atomic mass is 32.2. The summed E-state index contributed by atoms with van der Waals surface area (Å²) >= 11 is 2.05. The van der Waals surface area contributed by atoms with Crippen molar-refractivity contribution < 1.29 is 0 Å². The summed E-state index contributed by atoms with van der Waals surface area (Å²) in [5, 5.41) is 3.59. The number of anilines is 1. The highest BCUT2D eigenvalue weighted by Gasteiger charge is 2.27. The molecule has 2 saturated heterocycles. The van der Waals surface area contributed by atoms with Crippen LogP contribution in [-0.2, 0) is 6.42 Å². The van der Waals surface area contributed by atoms with Crippen LogP contribution in [0.15, 0.2) is 18.2 Å². The summed E-state index contributed by atoms with van der Waals surface area (Å²) in [5.74, 6) is 1.25. The first-order valence-electron chi connectivity index (χ1n) is 7.72. The van der Waals surface area contributed by atoms with Gasteiger partial charge in [-0.3, -0.25) is 10.2 Å². The molecule has 2 fully saturated rings. The van der Waals surface area contributed by atoms with Crippen molar-refractivity contribution in [3.8, 4) is 0 Å². The molecule has 1 aromatic carbocycles. The Morgan fingerprint density at radius 2 is 2.05 bits per heavy atom. The number of hydrogen-bond donors (Lipinski definition) is 1. The molecule has 0 aromatic heterocycles. The summed E-state index contributed by atoms with van der Waals surface area (Å²) in [6.07, 6.45) is 1.12. The van der Waals surface area contributed by atoms with Crippen molar-refractivity contribution in [2.75, 3.05) is 43.4 Å². The van der Waals surface area contributed by atoms with Crippen LogP contribution in [0.4, 0.5) is 5.69 Å². The van der Waals surface area contributed by atoms with Crippen molar-refractivity contribution in [2.24, 2.45) is 0 Å². The molecule has 3 rings (SSSR count). The fourth-order valence-electron chi connectivity index (χ4n) is 3.28. The maximum atomic E-state index is 3.59. The Hall–Kier alpha value is -0.710. The zero-order chi connectivity index (χ0) is 13.9. The van der Waals surface area contributed by atoms with Crippen LogP contribution >= 0.6 is 11.8 Å². The van der Waals surface area contributed by atoms with E-state index in [1.54, 1.807) is 0 Å². The van der Waals surface area contributed by atoms with Crippen molar-refractivity contribution in [3.63, 3.8) is 0 Å². The summed E-state index contributed by atoms with van der Waals surface area (Å²) < 4.78 is 0. The number of benzene rings is 1. The van der Waals surface area contributed by atoms with E-state index in [1.165, 1.54) is 35.7 Å². The van der Waals surface area contributed by atoms with E-state index in [9.17, 15) is 0 Å². The van der Waals surface area contributed by atoms with Gasteiger partial charge in [0.15, 0.2) is 0 Å². The van der Waals surface area contributed by atoms with E-state index in [1.807, 2.05) is 0 Å². The molecule has 1 aromatic rings. The average Bonchev–Trinajstić information content (AvgIpc) is 3.01. The Kier molecular flexibility index (Phi) is 4.54. The largest absolute Gasteiger partial charge is 0.369 e. The lowest BCUT2D eigenvalue weighted by Crippen LogP contribution is -2.52. The smallest absolute Gasteiger partial charge is 0.108 e. The first kappa shape index (κ1) is 14.2. The lowest BCUT2D eigenvalue weighted by Gasteiger charge is -2.39. The van der Waals surface area contributed by atoms with E-state index in [2.05, 4.69) is 58.9 Å². The molecule has 1 unspecified atom stereocenters. The maximum Gasteiger partial charge on any atom is 0.108 e. The van der Waals surface area contributed by atoms with Crippen LogP contribution in [0, 0.1) is 6.92 Å². The van der Waals surface area contributed by atoms with Crippen LogP contribution < -0.4 is 10.2 Å². The second kappa shape index (κ2) is 6.37. The van der Waals surface area contributed by atoms with Crippen LogP contribution in [0.2, 0.25) is 0 Å². The SMILES string of the molecule is CCc1cccc(C)c1N1CCN(C2NCCS2)CC1. The van der Waals surface area contributed by atoms with E-state index >= 15 is 0 Å². The Labute approximate surface area is 126 Å². The lowest BCUT2D eigenvalue weighted by molar-refractivity contribution is 0.223. The van der Waals surface area contributed by atoms with Crippen LogP contribution in [-0.4, -0.2) is 48.9 Å². The first-order valence-corrected chi connectivity index (χ1v) is 8.77. The highest BCUT2D eigenvalue weighted by molar-refractivity contribution is 8.00.